The van der Waals surface area contributed by atoms with Gasteiger partial charge in [0.15, 0.2) is 0 Å². The molecule has 0 aliphatic carbocycles. The highest BCUT2D eigenvalue weighted by atomic mass is 32.2. The second-order valence-corrected chi connectivity index (χ2v) is 9.23. The van der Waals surface area contributed by atoms with Crippen LogP contribution >= 0.6 is 11.9 Å². The average Bonchev–Trinajstić information content (AvgIpc) is 3.28. The summed E-state index contributed by atoms with van der Waals surface area (Å²) in [6, 6.07) is 25.4. The lowest BCUT2D eigenvalue weighted by atomic mass is 9.96. The van der Waals surface area contributed by atoms with E-state index in [2.05, 4.69) is 9.71 Å². The Kier molecular flexibility index (Phi) is 7.04. The van der Waals surface area contributed by atoms with E-state index in [1.54, 1.807) is 0 Å². The van der Waals surface area contributed by atoms with Crippen molar-refractivity contribution in [2.75, 3.05) is 13.2 Å². The smallest absolute Gasteiger partial charge is 0.236 e. The Balaban J connectivity index is 1.13. The monoisotopic (exact) mass is 486 g/mol. The van der Waals surface area contributed by atoms with Crippen molar-refractivity contribution >= 4 is 17.9 Å². The molecule has 35 heavy (non-hydrogen) atoms. The molecule has 6 nitrogen and oxygen atoms in total. The molecular formula is C28H26N2O4S. The van der Waals surface area contributed by atoms with E-state index in [9.17, 15) is 4.79 Å². The predicted octanol–water partition coefficient (Wildman–Crippen LogP) is 5.65. The van der Waals surface area contributed by atoms with Gasteiger partial charge < -0.3 is 13.9 Å². The molecule has 1 aliphatic heterocycles. The number of hydrogen-bond acceptors (Lipinski definition) is 6. The summed E-state index contributed by atoms with van der Waals surface area (Å²) >= 11 is 1.33. The fraction of sp³-hybridized carbons (Fsp3) is 0.214. The van der Waals surface area contributed by atoms with Crippen molar-refractivity contribution in [2.24, 2.45) is 5.92 Å². The van der Waals surface area contributed by atoms with E-state index in [0.29, 0.717) is 31.9 Å². The number of rotatable bonds is 8. The number of nitrogens with one attached hydrogen (secondary N) is 1. The molecule has 7 heteroatoms. The molecule has 5 rings (SSSR count). The number of amides is 1. The molecule has 1 aliphatic rings. The van der Waals surface area contributed by atoms with Gasteiger partial charge in [-0.15, -0.1) is 0 Å². The summed E-state index contributed by atoms with van der Waals surface area (Å²) < 4.78 is 20.6. The van der Waals surface area contributed by atoms with Crippen molar-refractivity contribution in [3.05, 3.63) is 95.9 Å². The molecule has 4 aromatic rings. The highest BCUT2D eigenvalue weighted by Crippen LogP contribution is 2.32. The third-order valence-corrected chi connectivity index (χ3v) is 6.66. The van der Waals surface area contributed by atoms with Crippen LogP contribution in [0.1, 0.15) is 17.0 Å². The van der Waals surface area contributed by atoms with Crippen LogP contribution in [0.25, 0.3) is 11.5 Å². The lowest BCUT2D eigenvalue weighted by Gasteiger charge is -2.25. The Morgan fingerprint density at radius 3 is 2.66 bits per heavy atom. The average molecular weight is 487 g/mol. The van der Waals surface area contributed by atoms with Crippen LogP contribution in [0.2, 0.25) is 0 Å². The SMILES string of the molecule is Cc1oc(-c2ccccc2)nc1CCOc1ccc2c(c1)OCC(C(=O)NSc1ccccc1)C2. The molecule has 1 atom stereocenters. The Morgan fingerprint density at radius 1 is 1.09 bits per heavy atom. The van der Waals surface area contributed by atoms with Crippen LogP contribution in [-0.4, -0.2) is 24.1 Å². The summed E-state index contributed by atoms with van der Waals surface area (Å²) in [6.45, 7) is 2.74. The fourth-order valence-electron chi connectivity index (χ4n) is 3.92. The molecule has 0 bridgehead atoms. The van der Waals surface area contributed by atoms with Gasteiger partial charge in [-0.1, -0.05) is 42.5 Å². The van der Waals surface area contributed by atoms with E-state index in [0.717, 1.165) is 39.0 Å². The second-order valence-electron chi connectivity index (χ2n) is 8.35. The van der Waals surface area contributed by atoms with Crippen molar-refractivity contribution in [1.82, 2.24) is 9.71 Å². The lowest BCUT2D eigenvalue weighted by Crippen LogP contribution is -2.34. The first-order chi connectivity index (χ1) is 17.2. The number of carbonyl (C=O) groups is 1. The minimum atomic E-state index is -0.223. The third-order valence-electron chi connectivity index (χ3n) is 5.85. The van der Waals surface area contributed by atoms with Crippen LogP contribution in [0.5, 0.6) is 11.5 Å². The zero-order valence-electron chi connectivity index (χ0n) is 19.4. The molecule has 2 heterocycles. The van der Waals surface area contributed by atoms with Crippen LogP contribution in [0.3, 0.4) is 0 Å². The maximum absolute atomic E-state index is 12.6. The molecule has 1 unspecified atom stereocenters. The van der Waals surface area contributed by atoms with E-state index < -0.39 is 0 Å². The summed E-state index contributed by atoms with van der Waals surface area (Å²) in [6.07, 6.45) is 1.28. The molecule has 1 N–H and O–H groups in total. The number of oxazole rings is 1. The molecule has 0 radical (unpaired) electrons. The summed E-state index contributed by atoms with van der Waals surface area (Å²) in [7, 11) is 0. The molecule has 0 saturated carbocycles. The lowest BCUT2D eigenvalue weighted by molar-refractivity contribution is -0.124. The number of benzene rings is 3. The van der Waals surface area contributed by atoms with Gasteiger partial charge in [-0.3, -0.25) is 9.52 Å². The van der Waals surface area contributed by atoms with E-state index in [4.69, 9.17) is 13.9 Å². The van der Waals surface area contributed by atoms with E-state index in [1.165, 1.54) is 11.9 Å². The van der Waals surface area contributed by atoms with Crippen molar-refractivity contribution in [1.29, 1.82) is 0 Å². The number of ether oxygens (including phenoxy) is 2. The number of hydrogen-bond donors (Lipinski definition) is 1. The zero-order valence-corrected chi connectivity index (χ0v) is 20.2. The topological polar surface area (TPSA) is 73.6 Å². The van der Waals surface area contributed by atoms with E-state index in [1.807, 2.05) is 85.8 Å². The summed E-state index contributed by atoms with van der Waals surface area (Å²) in [5.74, 6) is 2.68. The highest BCUT2D eigenvalue weighted by Gasteiger charge is 2.26. The Hall–Kier alpha value is -3.71. The first-order valence-corrected chi connectivity index (χ1v) is 12.4. The normalized spacial score (nSPS) is 14.6. The van der Waals surface area contributed by atoms with Gasteiger partial charge in [0.2, 0.25) is 11.8 Å². The third kappa shape index (κ3) is 5.69. The van der Waals surface area contributed by atoms with Gasteiger partial charge in [0.25, 0.3) is 0 Å². The summed E-state index contributed by atoms with van der Waals surface area (Å²) in [4.78, 5) is 18.2. The minimum Gasteiger partial charge on any atom is -0.493 e. The van der Waals surface area contributed by atoms with Crippen LogP contribution < -0.4 is 14.2 Å². The molecule has 1 amide bonds. The van der Waals surface area contributed by atoms with Gasteiger partial charge >= 0.3 is 0 Å². The second kappa shape index (κ2) is 10.7. The van der Waals surface area contributed by atoms with Gasteiger partial charge in [-0.2, -0.15) is 0 Å². The number of carbonyl (C=O) groups excluding carboxylic acids is 1. The first-order valence-electron chi connectivity index (χ1n) is 11.6. The summed E-state index contributed by atoms with van der Waals surface area (Å²) in [5.41, 5.74) is 2.86. The highest BCUT2D eigenvalue weighted by molar-refractivity contribution is 7.98. The fourth-order valence-corrected chi connectivity index (χ4v) is 4.60. The van der Waals surface area contributed by atoms with E-state index in [-0.39, 0.29) is 11.8 Å². The van der Waals surface area contributed by atoms with Crippen LogP contribution in [0, 0.1) is 12.8 Å². The minimum absolute atomic E-state index is 0.0253. The van der Waals surface area contributed by atoms with Gasteiger partial charge in [0, 0.05) is 22.9 Å². The van der Waals surface area contributed by atoms with Crippen molar-refractivity contribution in [3.8, 4) is 23.0 Å². The first kappa shape index (κ1) is 23.1. The largest absolute Gasteiger partial charge is 0.493 e. The van der Waals surface area contributed by atoms with Crippen molar-refractivity contribution < 1.29 is 18.7 Å². The predicted molar refractivity (Wildman–Crippen MR) is 135 cm³/mol. The van der Waals surface area contributed by atoms with Gasteiger partial charge in [0.1, 0.15) is 23.9 Å². The van der Waals surface area contributed by atoms with E-state index >= 15 is 0 Å². The number of aryl methyl sites for hydroxylation is 1. The van der Waals surface area contributed by atoms with Crippen LogP contribution in [-0.2, 0) is 17.6 Å². The molecule has 3 aromatic carbocycles. The quantitative estimate of drug-likeness (QED) is 0.325. The number of fused-ring (bicyclic) bond motifs is 1. The number of aromatic nitrogens is 1. The Morgan fingerprint density at radius 2 is 1.86 bits per heavy atom. The van der Waals surface area contributed by atoms with Crippen molar-refractivity contribution in [3.63, 3.8) is 0 Å². The molecule has 0 fully saturated rings. The maximum Gasteiger partial charge on any atom is 0.236 e. The maximum atomic E-state index is 12.6. The van der Waals surface area contributed by atoms with Crippen LogP contribution in [0.15, 0.2) is 88.2 Å². The summed E-state index contributed by atoms with van der Waals surface area (Å²) in [5, 5.41) is 0. The standard InChI is InChI=1S/C28H26N2O4S/c1-19-25(29-28(34-19)20-8-4-2-5-9-20)14-15-32-23-13-12-21-16-22(18-33-26(21)17-23)27(31)30-35-24-10-6-3-7-11-24/h2-13,17,22H,14-16,18H2,1H3,(H,30,31). The molecule has 0 saturated heterocycles. The Labute approximate surface area is 208 Å². The Bertz CT molecular complexity index is 1290. The number of nitrogens with zero attached hydrogens (tertiary/aromatic N) is 1. The van der Waals surface area contributed by atoms with Crippen LogP contribution in [0.4, 0.5) is 0 Å². The zero-order chi connectivity index (χ0) is 24.0. The van der Waals surface area contributed by atoms with Gasteiger partial charge in [0.05, 0.1) is 18.2 Å². The van der Waals surface area contributed by atoms with Crippen molar-refractivity contribution in [2.45, 2.75) is 24.7 Å². The molecular weight excluding hydrogens is 460 g/mol. The van der Waals surface area contributed by atoms with Gasteiger partial charge in [-0.05, 0) is 61.2 Å². The molecule has 0 spiro atoms. The molecule has 178 valence electrons. The van der Waals surface area contributed by atoms with Gasteiger partial charge in [-0.25, -0.2) is 4.98 Å². The molecule has 1 aromatic heterocycles.